The Morgan fingerprint density at radius 2 is 1.83 bits per heavy atom. The van der Waals surface area contributed by atoms with Crippen LogP contribution in [0, 0.1) is 18.2 Å². The number of hydrogen-bond donors (Lipinski definition) is 2. The number of piperidine rings is 1. The van der Waals surface area contributed by atoms with Gasteiger partial charge < -0.3 is 0 Å². The summed E-state index contributed by atoms with van der Waals surface area (Å²) in [5, 5.41) is 9.22. The molecule has 9 heteroatoms. The van der Waals surface area contributed by atoms with Crippen molar-refractivity contribution in [3.8, 4) is 12.3 Å². The van der Waals surface area contributed by atoms with Crippen molar-refractivity contribution in [3.63, 3.8) is 0 Å². The number of rotatable bonds is 6. The monoisotopic (exact) mass is 448 g/mol. The highest BCUT2D eigenvalue weighted by molar-refractivity contribution is 7.99. The van der Waals surface area contributed by atoms with Crippen LogP contribution in [0.15, 0.2) is 63.2 Å². The normalized spacial score (nSPS) is 16.6. The predicted octanol–water partition coefficient (Wildman–Crippen LogP) is 2.72. The van der Waals surface area contributed by atoms with Crippen LogP contribution in [0.4, 0.5) is 4.39 Å². The van der Waals surface area contributed by atoms with E-state index in [0.29, 0.717) is 29.4 Å². The summed E-state index contributed by atoms with van der Waals surface area (Å²) in [5.41, 5.74) is 1.53. The fourth-order valence-corrected chi connectivity index (χ4v) is 6.28. The Bertz CT molecular complexity index is 1060. The molecule has 1 heterocycles. The number of likely N-dealkylation sites (tertiary alicyclic amines) is 1. The SMILES string of the molecule is C#CCN1CCC(C(=O)NO)(S(=O)(=O)c2ccc(Sc3ccccc3F)cc2)CC1. The molecule has 0 radical (unpaired) electrons. The van der Waals surface area contributed by atoms with Gasteiger partial charge in [0.2, 0.25) is 0 Å². The second kappa shape index (κ2) is 9.18. The summed E-state index contributed by atoms with van der Waals surface area (Å²) < 4.78 is 38.9. The molecule has 0 atom stereocenters. The summed E-state index contributed by atoms with van der Waals surface area (Å²) in [5.74, 6) is 1.19. The first-order valence-electron chi connectivity index (χ1n) is 9.21. The van der Waals surface area contributed by atoms with E-state index in [9.17, 15) is 22.8 Å². The topological polar surface area (TPSA) is 86.7 Å². The van der Waals surface area contributed by atoms with Crippen LogP contribution in [-0.2, 0) is 14.6 Å². The molecular weight excluding hydrogens is 427 g/mol. The third kappa shape index (κ3) is 4.23. The van der Waals surface area contributed by atoms with Crippen LogP contribution in [0.25, 0.3) is 0 Å². The quantitative estimate of drug-likeness (QED) is 0.402. The third-order valence-corrected chi connectivity index (χ3v) is 8.78. The number of nitrogens with zero attached hydrogens (tertiary/aromatic N) is 1. The molecule has 6 nitrogen and oxygen atoms in total. The molecule has 2 aromatic rings. The van der Waals surface area contributed by atoms with Crippen molar-refractivity contribution in [2.24, 2.45) is 0 Å². The summed E-state index contributed by atoms with van der Waals surface area (Å²) in [4.78, 5) is 15.4. The van der Waals surface area contributed by atoms with Crippen LogP contribution in [0.2, 0.25) is 0 Å². The maximum absolute atomic E-state index is 13.9. The zero-order chi connectivity index (χ0) is 21.8. The summed E-state index contributed by atoms with van der Waals surface area (Å²) in [7, 11) is -4.10. The highest BCUT2D eigenvalue weighted by Gasteiger charge is 2.52. The lowest BCUT2D eigenvalue weighted by molar-refractivity contribution is -0.133. The van der Waals surface area contributed by atoms with E-state index in [1.165, 1.54) is 35.4 Å². The Hall–Kier alpha value is -2.38. The van der Waals surface area contributed by atoms with Gasteiger partial charge in [0.15, 0.2) is 14.6 Å². The van der Waals surface area contributed by atoms with Crippen LogP contribution in [0.1, 0.15) is 12.8 Å². The van der Waals surface area contributed by atoms with Crippen molar-refractivity contribution in [1.29, 1.82) is 0 Å². The van der Waals surface area contributed by atoms with E-state index in [1.54, 1.807) is 30.3 Å². The van der Waals surface area contributed by atoms with Crippen LogP contribution in [0.3, 0.4) is 0 Å². The molecule has 0 aromatic heterocycles. The van der Waals surface area contributed by atoms with Crippen molar-refractivity contribution < 1.29 is 22.8 Å². The Labute approximate surface area is 179 Å². The van der Waals surface area contributed by atoms with E-state index in [4.69, 9.17) is 6.42 Å². The molecule has 1 aliphatic rings. The average Bonchev–Trinajstić information content (AvgIpc) is 2.76. The van der Waals surface area contributed by atoms with E-state index in [2.05, 4.69) is 5.92 Å². The van der Waals surface area contributed by atoms with Gasteiger partial charge in [-0.15, -0.1) is 6.42 Å². The number of carbonyl (C=O) groups excluding carboxylic acids is 1. The molecule has 1 amide bonds. The minimum Gasteiger partial charge on any atom is -0.292 e. The van der Waals surface area contributed by atoms with Gasteiger partial charge in [0.1, 0.15) is 5.82 Å². The second-order valence-electron chi connectivity index (χ2n) is 6.92. The lowest BCUT2D eigenvalue weighted by atomic mass is 9.95. The molecule has 0 saturated carbocycles. The molecule has 2 N–H and O–H groups in total. The van der Waals surface area contributed by atoms with Gasteiger partial charge in [-0.3, -0.25) is 14.9 Å². The standard InChI is InChI=1S/C21H21FN2O4S2/c1-2-13-24-14-11-21(12-15-24,20(25)23-26)30(27,28)17-9-7-16(8-10-17)29-19-6-4-3-5-18(19)22/h1,3-10,26H,11-15H2,(H,23,25). The summed E-state index contributed by atoms with van der Waals surface area (Å²) in [6, 6.07) is 12.2. The second-order valence-corrected chi connectivity index (χ2v) is 10.3. The fraction of sp³-hybridized carbons (Fsp3) is 0.286. The first kappa shape index (κ1) is 22.3. The maximum Gasteiger partial charge on any atom is 0.265 e. The van der Waals surface area contributed by atoms with Crippen LogP contribution in [0.5, 0.6) is 0 Å². The third-order valence-electron chi connectivity index (χ3n) is 5.21. The molecule has 0 spiro atoms. The maximum atomic E-state index is 13.9. The predicted molar refractivity (Wildman–Crippen MR) is 111 cm³/mol. The van der Waals surface area contributed by atoms with Crippen molar-refractivity contribution in [1.82, 2.24) is 10.4 Å². The molecule has 1 saturated heterocycles. The van der Waals surface area contributed by atoms with E-state index < -0.39 is 20.5 Å². The summed E-state index contributed by atoms with van der Waals surface area (Å²) in [6.45, 7) is 0.995. The van der Waals surface area contributed by atoms with Crippen LogP contribution < -0.4 is 5.48 Å². The molecule has 1 fully saturated rings. The zero-order valence-corrected chi connectivity index (χ0v) is 17.7. The first-order valence-corrected chi connectivity index (χ1v) is 11.5. The largest absolute Gasteiger partial charge is 0.292 e. The Morgan fingerprint density at radius 3 is 2.40 bits per heavy atom. The minimum absolute atomic E-state index is 0.00906. The molecule has 3 rings (SSSR count). The van der Waals surface area contributed by atoms with Gasteiger partial charge >= 0.3 is 0 Å². The van der Waals surface area contributed by atoms with Crippen molar-refractivity contribution in [2.75, 3.05) is 19.6 Å². The number of sulfone groups is 1. The fourth-order valence-electron chi connectivity index (χ4n) is 3.49. The molecule has 1 aliphatic heterocycles. The summed E-state index contributed by atoms with van der Waals surface area (Å²) >= 11 is 1.17. The van der Waals surface area contributed by atoms with Crippen LogP contribution in [-0.4, -0.2) is 48.8 Å². The number of carbonyl (C=O) groups is 1. The van der Waals surface area contributed by atoms with E-state index >= 15 is 0 Å². The number of hydroxylamine groups is 1. The number of nitrogens with one attached hydrogen (secondary N) is 1. The average molecular weight is 449 g/mol. The van der Waals surface area contributed by atoms with Crippen LogP contribution >= 0.6 is 11.8 Å². The van der Waals surface area contributed by atoms with Gasteiger partial charge in [-0.25, -0.2) is 18.3 Å². The Morgan fingerprint density at radius 1 is 1.20 bits per heavy atom. The number of hydrogen-bond acceptors (Lipinski definition) is 6. The molecule has 0 aliphatic carbocycles. The number of terminal acetylenes is 1. The van der Waals surface area contributed by atoms with Crippen molar-refractivity contribution in [3.05, 3.63) is 54.3 Å². The smallest absolute Gasteiger partial charge is 0.265 e. The molecule has 158 valence electrons. The lowest BCUT2D eigenvalue weighted by Gasteiger charge is -2.38. The summed E-state index contributed by atoms with van der Waals surface area (Å²) in [6.07, 6.45) is 5.33. The van der Waals surface area contributed by atoms with Gasteiger partial charge in [-0.05, 0) is 49.2 Å². The molecule has 0 bridgehead atoms. The van der Waals surface area contributed by atoms with Gasteiger partial charge in [-0.1, -0.05) is 29.8 Å². The van der Waals surface area contributed by atoms with Gasteiger partial charge in [0.05, 0.1) is 11.4 Å². The highest BCUT2D eigenvalue weighted by Crippen LogP contribution is 2.37. The van der Waals surface area contributed by atoms with Crippen molar-refractivity contribution >= 4 is 27.5 Å². The minimum atomic E-state index is -4.10. The lowest BCUT2D eigenvalue weighted by Crippen LogP contribution is -2.57. The highest BCUT2D eigenvalue weighted by atomic mass is 32.2. The number of benzene rings is 2. The molecular formula is C21H21FN2O4S2. The molecule has 30 heavy (non-hydrogen) atoms. The number of amides is 1. The van der Waals surface area contributed by atoms with Gasteiger partial charge in [-0.2, -0.15) is 0 Å². The Balaban J connectivity index is 1.88. The van der Waals surface area contributed by atoms with Gasteiger partial charge in [0, 0.05) is 22.9 Å². The molecule has 2 aromatic carbocycles. The number of halogens is 1. The van der Waals surface area contributed by atoms with E-state index in [-0.39, 0.29) is 23.6 Å². The zero-order valence-electron chi connectivity index (χ0n) is 16.0. The Kier molecular flexibility index (Phi) is 6.83. The van der Waals surface area contributed by atoms with Gasteiger partial charge in [0.25, 0.3) is 5.91 Å². The first-order chi connectivity index (χ1) is 14.3. The van der Waals surface area contributed by atoms with E-state index in [1.807, 2.05) is 4.90 Å². The van der Waals surface area contributed by atoms with Crippen molar-refractivity contribution in [2.45, 2.75) is 32.3 Å². The van der Waals surface area contributed by atoms with E-state index in [0.717, 1.165) is 0 Å². The molecule has 0 unspecified atom stereocenters.